The second-order valence-electron chi connectivity index (χ2n) is 5.74. The van der Waals surface area contributed by atoms with E-state index in [4.69, 9.17) is 0 Å². The Kier molecular flexibility index (Phi) is 3.72. The lowest BCUT2D eigenvalue weighted by Gasteiger charge is -2.30. The van der Waals surface area contributed by atoms with Gasteiger partial charge < -0.3 is 10.2 Å². The molecule has 1 aromatic carbocycles. The maximum atomic E-state index is 12.7. The first-order valence-corrected chi connectivity index (χ1v) is 7.36. The van der Waals surface area contributed by atoms with Gasteiger partial charge in [-0.05, 0) is 18.4 Å². The first kappa shape index (κ1) is 13.2. The van der Waals surface area contributed by atoms with E-state index >= 15 is 0 Å². The fourth-order valence-electron chi connectivity index (χ4n) is 3.28. The second kappa shape index (κ2) is 5.65. The highest BCUT2D eigenvalue weighted by atomic mass is 16.2. The Labute approximate surface area is 119 Å². The van der Waals surface area contributed by atoms with E-state index in [2.05, 4.69) is 5.32 Å². The Bertz CT molecular complexity index is 500. The Morgan fingerprint density at radius 3 is 2.65 bits per heavy atom. The summed E-state index contributed by atoms with van der Waals surface area (Å²) >= 11 is 0. The number of carbonyl (C=O) groups excluding carboxylic acids is 2. The number of carbonyl (C=O) groups is 2. The summed E-state index contributed by atoms with van der Waals surface area (Å²) in [4.78, 5) is 26.4. The maximum Gasteiger partial charge on any atom is 0.239 e. The van der Waals surface area contributed by atoms with Crippen molar-refractivity contribution in [3.05, 3.63) is 35.9 Å². The molecule has 0 bridgehead atoms. The van der Waals surface area contributed by atoms with Crippen LogP contribution in [0.2, 0.25) is 0 Å². The number of fused-ring (bicyclic) bond motifs is 1. The molecule has 0 aromatic heterocycles. The monoisotopic (exact) mass is 272 g/mol. The summed E-state index contributed by atoms with van der Waals surface area (Å²) in [5.74, 6) is 0.0829. The number of rotatable bonds is 2. The van der Waals surface area contributed by atoms with Crippen molar-refractivity contribution in [2.45, 2.75) is 38.3 Å². The molecule has 2 aliphatic rings. The number of benzene rings is 1. The molecule has 2 amide bonds. The Morgan fingerprint density at radius 2 is 1.85 bits per heavy atom. The molecule has 1 saturated heterocycles. The van der Waals surface area contributed by atoms with Crippen LogP contribution in [0.3, 0.4) is 0 Å². The number of hydrogen-bond acceptors (Lipinski definition) is 2. The zero-order valence-electron chi connectivity index (χ0n) is 11.5. The Morgan fingerprint density at radius 1 is 1.10 bits per heavy atom. The first-order valence-electron chi connectivity index (χ1n) is 7.36. The number of amides is 2. The van der Waals surface area contributed by atoms with Gasteiger partial charge in [0.05, 0.1) is 12.5 Å². The molecule has 0 radical (unpaired) electrons. The molecule has 20 heavy (non-hydrogen) atoms. The van der Waals surface area contributed by atoms with Gasteiger partial charge in [-0.1, -0.05) is 43.2 Å². The zero-order chi connectivity index (χ0) is 13.9. The minimum atomic E-state index is -0.0288. The molecule has 2 atom stereocenters. The van der Waals surface area contributed by atoms with Crippen LogP contribution in [0.25, 0.3) is 0 Å². The van der Waals surface area contributed by atoms with Gasteiger partial charge >= 0.3 is 0 Å². The van der Waals surface area contributed by atoms with E-state index in [9.17, 15) is 9.59 Å². The molecule has 1 aliphatic heterocycles. The van der Waals surface area contributed by atoms with Crippen molar-refractivity contribution in [2.24, 2.45) is 5.92 Å². The van der Waals surface area contributed by atoms with Gasteiger partial charge in [0.15, 0.2) is 0 Å². The smallest absolute Gasteiger partial charge is 0.239 e. The molecule has 4 heteroatoms. The van der Waals surface area contributed by atoms with Crippen molar-refractivity contribution in [3.8, 4) is 0 Å². The summed E-state index contributed by atoms with van der Waals surface area (Å²) < 4.78 is 0. The molecular formula is C16H20N2O2. The fraction of sp³-hybridized carbons (Fsp3) is 0.500. The summed E-state index contributed by atoms with van der Waals surface area (Å²) in [5.41, 5.74) is 1.07. The van der Waals surface area contributed by atoms with E-state index < -0.39 is 0 Å². The lowest BCUT2D eigenvalue weighted by atomic mass is 9.84. The van der Waals surface area contributed by atoms with Crippen LogP contribution in [0, 0.1) is 5.92 Å². The second-order valence-corrected chi connectivity index (χ2v) is 5.74. The van der Waals surface area contributed by atoms with Crippen LogP contribution < -0.4 is 5.32 Å². The highest BCUT2D eigenvalue weighted by molar-refractivity contribution is 5.89. The largest absolute Gasteiger partial charge is 0.351 e. The van der Waals surface area contributed by atoms with E-state index in [1.54, 1.807) is 4.90 Å². The van der Waals surface area contributed by atoms with Crippen LogP contribution in [0.5, 0.6) is 0 Å². The van der Waals surface area contributed by atoms with Gasteiger partial charge in [-0.25, -0.2) is 0 Å². The molecule has 1 N–H and O–H groups in total. The number of nitrogens with one attached hydrogen (secondary N) is 1. The molecule has 1 aromatic rings. The normalized spacial score (nSPS) is 26.7. The van der Waals surface area contributed by atoms with Gasteiger partial charge in [0, 0.05) is 12.6 Å². The highest BCUT2D eigenvalue weighted by Gasteiger charge is 2.38. The molecule has 1 heterocycles. The molecule has 1 saturated carbocycles. The predicted octanol–water partition coefficient (Wildman–Crippen LogP) is 1.70. The first-order chi connectivity index (χ1) is 9.74. The summed E-state index contributed by atoms with van der Waals surface area (Å²) in [7, 11) is 0. The highest BCUT2D eigenvalue weighted by Crippen LogP contribution is 2.28. The third-order valence-corrected chi connectivity index (χ3v) is 4.29. The van der Waals surface area contributed by atoms with Gasteiger partial charge in [-0.15, -0.1) is 0 Å². The molecule has 1 aliphatic carbocycles. The fourth-order valence-corrected chi connectivity index (χ4v) is 3.28. The van der Waals surface area contributed by atoms with Crippen LogP contribution in [0.15, 0.2) is 30.3 Å². The summed E-state index contributed by atoms with van der Waals surface area (Å²) in [6.07, 6.45) is 4.02. The molecule has 0 spiro atoms. The lowest BCUT2D eigenvalue weighted by molar-refractivity contribution is -0.138. The van der Waals surface area contributed by atoms with Crippen LogP contribution in [-0.2, 0) is 16.1 Å². The van der Waals surface area contributed by atoms with E-state index in [0.717, 1.165) is 31.2 Å². The van der Waals surface area contributed by atoms with Crippen LogP contribution >= 0.6 is 0 Å². The van der Waals surface area contributed by atoms with E-state index in [0.29, 0.717) is 6.54 Å². The van der Waals surface area contributed by atoms with Crippen molar-refractivity contribution >= 4 is 11.8 Å². The molecule has 2 fully saturated rings. The summed E-state index contributed by atoms with van der Waals surface area (Å²) in [6, 6.07) is 9.91. The molecule has 0 unspecified atom stereocenters. The van der Waals surface area contributed by atoms with Gasteiger partial charge in [0.1, 0.15) is 0 Å². The van der Waals surface area contributed by atoms with Gasteiger partial charge in [0.2, 0.25) is 11.8 Å². The topological polar surface area (TPSA) is 49.4 Å². The average Bonchev–Trinajstić information content (AvgIpc) is 2.58. The predicted molar refractivity (Wildman–Crippen MR) is 75.7 cm³/mol. The Balaban J connectivity index is 1.79. The Hall–Kier alpha value is -1.84. The van der Waals surface area contributed by atoms with Crippen LogP contribution in [-0.4, -0.2) is 29.3 Å². The third-order valence-electron chi connectivity index (χ3n) is 4.29. The van der Waals surface area contributed by atoms with Gasteiger partial charge in [-0.3, -0.25) is 9.59 Å². The van der Waals surface area contributed by atoms with Crippen molar-refractivity contribution < 1.29 is 9.59 Å². The summed E-state index contributed by atoms with van der Waals surface area (Å²) in [6.45, 7) is 0.705. The number of nitrogens with zero attached hydrogens (tertiary/aromatic N) is 1. The minimum Gasteiger partial charge on any atom is -0.351 e. The van der Waals surface area contributed by atoms with Crippen molar-refractivity contribution in [1.29, 1.82) is 0 Å². The van der Waals surface area contributed by atoms with Crippen molar-refractivity contribution in [1.82, 2.24) is 10.2 Å². The van der Waals surface area contributed by atoms with E-state index in [-0.39, 0.29) is 30.3 Å². The molecule has 4 nitrogen and oxygen atoms in total. The van der Waals surface area contributed by atoms with Crippen molar-refractivity contribution in [2.75, 3.05) is 6.54 Å². The lowest BCUT2D eigenvalue weighted by Crippen LogP contribution is -2.43. The molecular weight excluding hydrogens is 252 g/mol. The van der Waals surface area contributed by atoms with Crippen LogP contribution in [0.4, 0.5) is 0 Å². The van der Waals surface area contributed by atoms with Gasteiger partial charge in [0.25, 0.3) is 0 Å². The SMILES string of the molecule is O=C1CN(Cc2ccccc2)C(=O)[C@H]2CCCC[C@H]2N1. The van der Waals surface area contributed by atoms with Crippen LogP contribution in [0.1, 0.15) is 31.2 Å². The maximum absolute atomic E-state index is 12.7. The zero-order valence-corrected chi connectivity index (χ0v) is 11.5. The van der Waals surface area contributed by atoms with Gasteiger partial charge in [-0.2, -0.15) is 0 Å². The number of hydrogen-bond donors (Lipinski definition) is 1. The quantitative estimate of drug-likeness (QED) is 0.891. The standard InChI is InChI=1S/C16H20N2O2/c19-15-11-18(10-12-6-2-1-3-7-12)16(20)13-8-4-5-9-14(13)17-15/h1-3,6-7,13-14H,4-5,8-11H2,(H,17,19)/t13-,14+/m0/s1. The summed E-state index contributed by atoms with van der Waals surface area (Å²) in [5, 5.41) is 3.03. The van der Waals surface area contributed by atoms with Crippen molar-refractivity contribution in [3.63, 3.8) is 0 Å². The minimum absolute atomic E-state index is 0.0244. The molecule has 3 rings (SSSR count). The average molecular weight is 272 g/mol. The third kappa shape index (κ3) is 2.69. The van der Waals surface area contributed by atoms with E-state index in [1.165, 1.54) is 0 Å². The van der Waals surface area contributed by atoms with E-state index in [1.807, 2.05) is 30.3 Å². The molecule has 106 valence electrons.